The molecule has 0 aliphatic rings. The minimum Gasteiger partial charge on any atom is -0.322 e. The Morgan fingerprint density at radius 1 is 1.05 bits per heavy atom. The lowest BCUT2D eigenvalue weighted by molar-refractivity contribution is -0.112. The molecule has 96 valence electrons. The Bertz CT molecular complexity index is 575. The number of carbonyl (C=O) groups excluding carboxylic acids is 1. The number of rotatable bonds is 4. The summed E-state index contributed by atoms with van der Waals surface area (Å²) in [5.74, 6) is -0.170. The molecule has 0 aromatic heterocycles. The van der Waals surface area contributed by atoms with Gasteiger partial charge in [0.25, 0.3) is 5.91 Å². The molecule has 1 N–H and O–H groups in total. The summed E-state index contributed by atoms with van der Waals surface area (Å²) >= 11 is 1.37. The molecule has 19 heavy (non-hydrogen) atoms. The first-order valence-electron chi connectivity index (χ1n) is 5.95. The van der Waals surface area contributed by atoms with Crippen molar-refractivity contribution in [2.24, 2.45) is 0 Å². The molecule has 0 heterocycles. The quantitative estimate of drug-likeness (QED) is 0.664. The van der Waals surface area contributed by atoms with Crippen LogP contribution in [-0.4, -0.2) is 5.91 Å². The smallest absolute Gasteiger partial charge is 0.261 e. The Balaban J connectivity index is 1.96. The molecule has 0 saturated carbocycles. The highest BCUT2D eigenvalue weighted by atomic mass is 32.2. The maximum absolute atomic E-state index is 12.0. The van der Waals surface area contributed by atoms with Crippen LogP contribution in [0.15, 0.2) is 71.0 Å². The highest BCUT2D eigenvalue weighted by Crippen LogP contribution is 2.26. The van der Waals surface area contributed by atoms with Crippen LogP contribution >= 0.6 is 11.8 Å². The predicted molar refractivity (Wildman–Crippen MR) is 81.2 cm³/mol. The fraction of sp³-hybridized carbons (Fsp3) is 0.0625. The summed E-state index contributed by atoms with van der Waals surface area (Å²) in [5, 5.41) is 2.81. The van der Waals surface area contributed by atoms with E-state index in [0.29, 0.717) is 4.91 Å². The van der Waals surface area contributed by atoms with Gasteiger partial charge < -0.3 is 5.32 Å². The summed E-state index contributed by atoms with van der Waals surface area (Å²) in [6.07, 6.45) is 0. The number of para-hydroxylation sites is 1. The van der Waals surface area contributed by atoms with Crippen molar-refractivity contribution in [2.45, 2.75) is 11.8 Å². The van der Waals surface area contributed by atoms with Crippen LogP contribution in [0.5, 0.6) is 0 Å². The van der Waals surface area contributed by atoms with Crippen LogP contribution in [0.1, 0.15) is 5.56 Å². The van der Waals surface area contributed by atoms with Crippen LogP contribution in [0.4, 0.5) is 5.69 Å². The maximum atomic E-state index is 12.0. The lowest BCUT2D eigenvalue weighted by Gasteiger charge is -2.07. The molecule has 0 aliphatic heterocycles. The van der Waals surface area contributed by atoms with E-state index in [9.17, 15) is 4.79 Å². The zero-order valence-corrected chi connectivity index (χ0v) is 11.5. The lowest BCUT2D eigenvalue weighted by atomic mass is 10.2. The summed E-state index contributed by atoms with van der Waals surface area (Å²) in [6.45, 7) is 5.85. The average Bonchev–Trinajstić information content (AvgIpc) is 2.42. The van der Waals surface area contributed by atoms with Gasteiger partial charge in [0.15, 0.2) is 0 Å². The van der Waals surface area contributed by atoms with E-state index in [1.54, 1.807) is 0 Å². The molecule has 0 fully saturated rings. The molecule has 0 spiro atoms. The molecular weight excluding hydrogens is 254 g/mol. The first-order valence-corrected chi connectivity index (χ1v) is 6.76. The normalized spacial score (nSPS) is 9.95. The van der Waals surface area contributed by atoms with Gasteiger partial charge in [-0.3, -0.25) is 4.79 Å². The Morgan fingerprint density at radius 3 is 2.32 bits per heavy atom. The van der Waals surface area contributed by atoms with E-state index in [1.807, 2.05) is 61.5 Å². The van der Waals surface area contributed by atoms with Crippen LogP contribution in [0.2, 0.25) is 0 Å². The van der Waals surface area contributed by atoms with E-state index in [4.69, 9.17) is 0 Å². The van der Waals surface area contributed by atoms with Gasteiger partial charge in [0.05, 0.1) is 4.91 Å². The monoisotopic (exact) mass is 269 g/mol. The maximum Gasteiger partial charge on any atom is 0.261 e. The number of hydrogen-bond acceptors (Lipinski definition) is 2. The Hall–Kier alpha value is -2.00. The van der Waals surface area contributed by atoms with Crippen molar-refractivity contribution < 1.29 is 4.79 Å². The Kier molecular flexibility index (Phi) is 4.42. The van der Waals surface area contributed by atoms with Crippen molar-refractivity contribution in [1.82, 2.24) is 0 Å². The van der Waals surface area contributed by atoms with E-state index in [1.165, 1.54) is 17.3 Å². The van der Waals surface area contributed by atoms with Crippen molar-refractivity contribution in [1.29, 1.82) is 0 Å². The number of nitrogens with one attached hydrogen (secondary N) is 1. The standard InChI is InChI=1S/C16H15NOS/c1-12-8-10-15(11-9-12)19-13(2)16(18)17-14-6-4-3-5-7-14/h3-11H,2H2,1H3,(H,17,18). The van der Waals surface area contributed by atoms with Crippen molar-refractivity contribution in [3.8, 4) is 0 Å². The van der Waals surface area contributed by atoms with Gasteiger partial charge in [0.2, 0.25) is 0 Å². The van der Waals surface area contributed by atoms with E-state index in [-0.39, 0.29) is 5.91 Å². The number of hydrogen-bond donors (Lipinski definition) is 1. The molecule has 2 nitrogen and oxygen atoms in total. The average molecular weight is 269 g/mol. The molecule has 0 bridgehead atoms. The first-order chi connectivity index (χ1) is 9.15. The van der Waals surface area contributed by atoms with Crippen molar-refractivity contribution in [3.63, 3.8) is 0 Å². The van der Waals surface area contributed by atoms with Crippen LogP contribution in [0, 0.1) is 6.92 Å². The molecule has 1 amide bonds. The van der Waals surface area contributed by atoms with Crippen LogP contribution in [0.3, 0.4) is 0 Å². The number of benzene rings is 2. The third-order valence-electron chi connectivity index (χ3n) is 2.55. The van der Waals surface area contributed by atoms with Crippen LogP contribution in [-0.2, 0) is 4.79 Å². The van der Waals surface area contributed by atoms with Gasteiger partial charge in [0, 0.05) is 10.6 Å². The molecule has 0 atom stereocenters. The number of amides is 1. The molecular formula is C16H15NOS. The Labute approximate surface area is 117 Å². The van der Waals surface area contributed by atoms with Crippen molar-refractivity contribution in [3.05, 3.63) is 71.6 Å². The minimum atomic E-state index is -0.170. The van der Waals surface area contributed by atoms with E-state index >= 15 is 0 Å². The molecule has 2 aromatic rings. The first kappa shape index (κ1) is 13.4. The molecule has 0 aliphatic carbocycles. The lowest BCUT2D eigenvalue weighted by Crippen LogP contribution is -2.11. The highest BCUT2D eigenvalue weighted by Gasteiger charge is 2.08. The van der Waals surface area contributed by atoms with Gasteiger partial charge in [-0.05, 0) is 31.2 Å². The van der Waals surface area contributed by atoms with Crippen LogP contribution < -0.4 is 5.32 Å². The fourth-order valence-electron chi connectivity index (χ4n) is 1.52. The van der Waals surface area contributed by atoms with Gasteiger partial charge >= 0.3 is 0 Å². The van der Waals surface area contributed by atoms with Gasteiger partial charge in [-0.1, -0.05) is 54.2 Å². The van der Waals surface area contributed by atoms with Gasteiger partial charge in [-0.25, -0.2) is 0 Å². The summed E-state index contributed by atoms with van der Waals surface area (Å²) in [7, 11) is 0. The minimum absolute atomic E-state index is 0.170. The molecule has 2 aromatic carbocycles. The zero-order chi connectivity index (χ0) is 13.7. The predicted octanol–water partition coefficient (Wildman–Crippen LogP) is 4.24. The SMILES string of the molecule is C=C(Sc1ccc(C)cc1)C(=O)Nc1ccccc1. The molecule has 2 rings (SSSR count). The fourth-order valence-corrected chi connectivity index (χ4v) is 2.22. The summed E-state index contributed by atoms with van der Waals surface area (Å²) in [5.41, 5.74) is 1.97. The number of thioether (sulfide) groups is 1. The zero-order valence-electron chi connectivity index (χ0n) is 10.7. The number of carbonyl (C=O) groups is 1. The second kappa shape index (κ2) is 6.25. The molecule has 3 heteroatoms. The number of anilines is 1. The summed E-state index contributed by atoms with van der Waals surface area (Å²) in [6, 6.07) is 17.4. The molecule has 0 saturated heterocycles. The van der Waals surface area contributed by atoms with Gasteiger partial charge in [0.1, 0.15) is 0 Å². The summed E-state index contributed by atoms with van der Waals surface area (Å²) in [4.78, 5) is 13.4. The third kappa shape index (κ3) is 4.00. The summed E-state index contributed by atoms with van der Waals surface area (Å²) < 4.78 is 0. The molecule has 0 unspecified atom stereocenters. The highest BCUT2D eigenvalue weighted by molar-refractivity contribution is 8.04. The second-order valence-corrected chi connectivity index (χ2v) is 5.33. The van der Waals surface area contributed by atoms with E-state index < -0.39 is 0 Å². The topological polar surface area (TPSA) is 29.1 Å². The molecule has 0 radical (unpaired) electrons. The Morgan fingerprint density at radius 2 is 1.68 bits per heavy atom. The van der Waals surface area contributed by atoms with Gasteiger partial charge in [-0.15, -0.1) is 0 Å². The van der Waals surface area contributed by atoms with Crippen molar-refractivity contribution >= 4 is 23.4 Å². The van der Waals surface area contributed by atoms with Gasteiger partial charge in [-0.2, -0.15) is 0 Å². The van der Waals surface area contributed by atoms with Crippen LogP contribution in [0.25, 0.3) is 0 Å². The third-order valence-corrected chi connectivity index (χ3v) is 3.49. The van der Waals surface area contributed by atoms with Crippen molar-refractivity contribution in [2.75, 3.05) is 5.32 Å². The number of aryl methyl sites for hydroxylation is 1. The largest absolute Gasteiger partial charge is 0.322 e. The van der Waals surface area contributed by atoms with E-state index in [0.717, 1.165) is 10.6 Å². The second-order valence-electron chi connectivity index (χ2n) is 4.16. The van der Waals surface area contributed by atoms with E-state index in [2.05, 4.69) is 11.9 Å².